The molecular weight excluding hydrogens is 296 g/mol. The zero-order valence-corrected chi connectivity index (χ0v) is 12.5. The van der Waals surface area contributed by atoms with Gasteiger partial charge in [0.1, 0.15) is 5.01 Å². The topological polar surface area (TPSA) is 43.4 Å². The van der Waals surface area contributed by atoms with E-state index in [0.29, 0.717) is 24.0 Å². The molecule has 20 heavy (non-hydrogen) atoms. The van der Waals surface area contributed by atoms with Crippen molar-refractivity contribution < 1.29 is 9.47 Å². The molecule has 1 aliphatic rings. The molecule has 6 heteroatoms. The van der Waals surface area contributed by atoms with E-state index in [2.05, 4.69) is 10.3 Å². The van der Waals surface area contributed by atoms with Gasteiger partial charge in [0.15, 0.2) is 11.5 Å². The number of aromatic nitrogens is 1. The lowest BCUT2D eigenvalue weighted by molar-refractivity contribution is 0.297. The highest BCUT2D eigenvalue weighted by molar-refractivity contribution is 7.09. The number of fused-ring (bicyclic) bond motifs is 1. The molecule has 1 aromatic carbocycles. The van der Waals surface area contributed by atoms with Crippen molar-refractivity contribution >= 4 is 22.9 Å². The molecule has 2 heterocycles. The van der Waals surface area contributed by atoms with Crippen LogP contribution in [0, 0.1) is 0 Å². The van der Waals surface area contributed by atoms with Crippen LogP contribution in [0.5, 0.6) is 11.5 Å². The Kier molecular flexibility index (Phi) is 4.40. The average Bonchev–Trinajstić information content (AvgIpc) is 2.83. The Hall–Kier alpha value is -1.30. The molecule has 3 rings (SSSR count). The maximum Gasteiger partial charge on any atom is 0.179 e. The van der Waals surface area contributed by atoms with Crippen molar-refractivity contribution in [3.63, 3.8) is 0 Å². The van der Waals surface area contributed by atoms with Gasteiger partial charge in [-0.2, -0.15) is 0 Å². The quantitative estimate of drug-likeness (QED) is 0.941. The van der Waals surface area contributed by atoms with Gasteiger partial charge in [-0.15, -0.1) is 11.3 Å². The second-order valence-electron chi connectivity index (χ2n) is 4.48. The smallest absolute Gasteiger partial charge is 0.179 e. The molecular formula is C14H15ClN2O2S. The zero-order valence-electron chi connectivity index (χ0n) is 10.9. The Balaban J connectivity index is 1.67. The summed E-state index contributed by atoms with van der Waals surface area (Å²) in [4.78, 5) is 4.23. The Bertz CT molecular complexity index is 575. The molecule has 0 amide bonds. The first-order chi connectivity index (χ1) is 9.83. The van der Waals surface area contributed by atoms with E-state index in [9.17, 15) is 0 Å². The van der Waals surface area contributed by atoms with Gasteiger partial charge in [-0.05, 0) is 17.7 Å². The van der Waals surface area contributed by atoms with Gasteiger partial charge in [-0.25, -0.2) is 4.98 Å². The van der Waals surface area contributed by atoms with E-state index in [4.69, 9.17) is 21.1 Å². The highest BCUT2D eigenvalue weighted by Gasteiger charge is 2.15. The normalized spacial score (nSPS) is 14.1. The summed E-state index contributed by atoms with van der Waals surface area (Å²) in [6.45, 7) is 2.79. The number of halogens is 1. The van der Waals surface area contributed by atoms with Crippen molar-refractivity contribution in [2.45, 2.75) is 19.5 Å². The SMILES string of the molecule is Clc1cc(CNCc2nccs2)cc2c1OCCCO2. The van der Waals surface area contributed by atoms with Crippen molar-refractivity contribution in [1.29, 1.82) is 0 Å². The Labute approximate surface area is 126 Å². The fourth-order valence-corrected chi connectivity index (χ4v) is 2.91. The molecule has 0 atom stereocenters. The van der Waals surface area contributed by atoms with Gasteiger partial charge in [-0.1, -0.05) is 11.6 Å². The predicted octanol–water partition coefficient (Wildman–Crippen LogP) is 3.25. The Morgan fingerprint density at radius 3 is 3.00 bits per heavy atom. The lowest BCUT2D eigenvalue weighted by Gasteiger charge is -2.11. The molecule has 0 fully saturated rings. The first-order valence-corrected chi connectivity index (χ1v) is 7.76. The Morgan fingerprint density at radius 1 is 1.25 bits per heavy atom. The average molecular weight is 311 g/mol. The van der Waals surface area contributed by atoms with Gasteiger partial charge in [0.05, 0.1) is 18.2 Å². The van der Waals surface area contributed by atoms with Crippen LogP contribution in [0.3, 0.4) is 0 Å². The van der Waals surface area contributed by atoms with Crippen LogP contribution in [0.4, 0.5) is 0 Å². The Morgan fingerprint density at radius 2 is 2.15 bits per heavy atom. The minimum absolute atomic E-state index is 0.607. The van der Waals surface area contributed by atoms with Crippen molar-refractivity contribution in [3.05, 3.63) is 39.3 Å². The molecule has 106 valence electrons. The van der Waals surface area contributed by atoms with Gasteiger partial charge >= 0.3 is 0 Å². The number of rotatable bonds is 4. The van der Waals surface area contributed by atoms with Crippen molar-refractivity contribution in [2.75, 3.05) is 13.2 Å². The number of hydrogen-bond acceptors (Lipinski definition) is 5. The summed E-state index contributed by atoms with van der Waals surface area (Å²) in [5.74, 6) is 1.40. The second kappa shape index (κ2) is 6.43. The third-order valence-corrected chi connectivity index (χ3v) is 4.01. The number of ether oxygens (including phenoxy) is 2. The van der Waals surface area contributed by atoms with E-state index in [0.717, 1.165) is 35.8 Å². The molecule has 1 aliphatic heterocycles. The zero-order chi connectivity index (χ0) is 13.8. The van der Waals surface area contributed by atoms with E-state index in [1.165, 1.54) is 0 Å². The molecule has 1 N–H and O–H groups in total. The first kappa shape index (κ1) is 13.7. The maximum atomic E-state index is 6.26. The highest BCUT2D eigenvalue weighted by atomic mass is 35.5. The number of nitrogens with zero attached hydrogens (tertiary/aromatic N) is 1. The number of hydrogen-bond donors (Lipinski definition) is 1. The molecule has 2 aromatic rings. The summed E-state index contributed by atoms with van der Waals surface area (Å²) in [7, 11) is 0. The fourth-order valence-electron chi connectivity index (χ4n) is 2.04. The summed E-state index contributed by atoms with van der Waals surface area (Å²) in [6, 6.07) is 3.91. The van der Waals surface area contributed by atoms with Crippen molar-refractivity contribution in [1.82, 2.24) is 10.3 Å². The molecule has 0 saturated heterocycles. The summed E-state index contributed by atoms with van der Waals surface area (Å²) < 4.78 is 11.3. The summed E-state index contributed by atoms with van der Waals surface area (Å²) in [6.07, 6.45) is 2.69. The number of thiazole rings is 1. The highest BCUT2D eigenvalue weighted by Crippen LogP contribution is 2.37. The van der Waals surface area contributed by atoms with E-state index in [1.807, 2.05) is 23.7 Å². The van der Waals surface area contributed by atoms with E-state index >= 15 is 0 Å². The molecule has 0 saturated carbocycles. The maximum absolute atomic E-state index is 6.26. The van der Waals surface area contributed by atoms with Crippen LogP contribution in [0.1, 0.15) is 17.0 Å². The summed E-state index contributed by atoms with van der Waals surface area (Å²) >= 11 is 7.90. The molecule has 0 aliphatic carbocycles. The lowest BCUT2D eigenvalue weighted by Crippen LogP contribution is -2.12. The van der Waals surface area contributed by atoms with Crippen LogP contribution in [0.25, 0.3) is 0 Å². The van der Waals surface area contributed by atoms with E-state index < -0.39 is 0 Å². The first-order valence-electron chi connectivity index (χ1n) is 6.50. The standard InChI is InChI=1S/C14H15ClN2O2S/c15-11-6-10(8-16-9-13-17-2-5-20-13)7-12-14(11)19-4-1-3-18-12/h2,5-7,16H,1,3-4,8-9H2. The molecule has 4 nitrogen and oxygen atoms in total. The van der Waals surface area contributed by atoms with Gasteiger partial charge in [0.25, 0.3) is 0 Å². The van der Waals surface area contributed by atoms with Gasteiger partial charge in [-0.3, -0.25) is 0 Å². The largest absolute Gasteiger partial charge is 0.489 e. The summed E-state index contributed by atoms with van der Waals surface area (Å²) in [5, 5.41) is 7.00. The van der Waals surface area contributed by atoms with Crippen LogP contribution in [-0.2, 0) is 13.1 Å². The molecule has 1 aromatic heterocycles. The third-order valence-electron chi connectivity index (χ3n) is 2.95. The predicted molar refractivity (Wildman–Crippen MR) is 79.7 cm³/mol. The minimum atomic E-state index is 0.607. The molecule has 0 bridgehead atoms. The minimum Gasteiger partial charge on any atom is -0.489 e. The molecule has 0 spiro atoms. The van der Waals surface area contributed by atoms with Crippen molar-refractivity contribution in [3.8, 4) is 11.5 Å². The van der Waals surface area contributed by atoms with Gasteiger partial charge in [0, 0.05) is 31.1 Å². The van der Waals surface area contributed by atoms with Crippen LogP contribution in [0.2, 0.25) is 5.02 Å². The number of nitrogens with one attached hydrogen (secondary N) is 1. The monoisotopic (exact) mass is 310 g/mol. The molecule has 0 radical (unpaired) electrons. The van der Waals surface area contributed by atoms with E-state index in [-0.39, 0.29) is 0 Å². The van der Waals surface area contributed by atoms with Crippen molar-refractivity contribution in [2.24, 2.45) is 0 Å². The van der Waals surface area contributed by atoms with Crippen LogP contribution >= 0.6 is 22.9 Å². The lowest BCUT2D eigenvalue weighted by atomic mass is 10.2. The van der Waals surface area contributed by atoms with Crippen LogP contribution in [-0.4, -0.2) is 18.2 Å². The summed E-state index contributed by atoms with van der Waals surface area (Å²) in [5.41, 5.74) is 1.08. The molecule has 0 unspecified atom stereocenters. The van der Waals surface area contributed by atoms with E-state index in [1.54, 1.807) is 11.3 Å². The fraction of sp³-hybridized carbons (Fsp3) is 0.357. The number of benzene rings is 1. The third kappa shape index (κ3) is 3.23. The van der Waals surface area contributed by atoms with Gasteiger partial charge in [0.2, 0.25) is 0 Å². The second-order valence-corrected chi connectivity index (χ2v) is 5.87. The van der Waals surface area contributed by atoms with Crippen LogP contribution in [0.15, 0.2) is 23.7 Å². The van der Waals surface area contributed by atoms with Crippen LogP contribution < -0.4 is 14.8 Å². The van der Waals surface area contributed by atoms with Gasteiger partial charge < -0.3 is 14.8 Å².